The Morgan fingerprint density at radius 3 is 2.81 bits per heavy atom. The Labute approximate surface area is 214 Å². The molecule has 2 atom stereocenters. The molecule has 0 bridgehead atoms. The average molecular weight is 506 g/mol. The Morgan fingerprint density at radius 2 is 2.08 bits per heavy atom. The van der Waals surface area contributed by atoms with E-state index >= 15 is 0 Å². The molecular formula is C26H31N7O2S. The van der Waals surface area contributed by atoms with Crippen molar-refractivity contribution in [3.8, 4) is 16.2 Å². The number of hydrogen-bond acceptors (Lipinski definition) is 7. The van der Waals surface area contributed by atoms with Gasteiger partial charge >= 0.3 is 6.03 Å². The van der Waals surface area contributed by atoms with Gasteiger partial charge < -0.3 is 19.9 Å². The summed E-state index contributed by atoms with van der Waals surface area (Å²) in [5.41, 5.74) is 4.05. The van der Waals surface area contributed by atoms with Crippen molar-refractivity contribution in [1.82, 2.24) is 30.0 Å². The fraction of sp³-hybridized carbons (Fsp3) is 0.385. The number of amides is 2. The van der Waals surface area contributed by atoms with Crippen LogP contribution in [0.5, 0.6) is 5.75 Å². The third kappa shape index (κ3) is 4.60. The van der Waals surface area contributed by atoms with Crippen LogP contribution >= 0.6 is 11.3 Å². The molecule has 1 N–H and O–H groups in total. The minimum absolute atomic E-state index is 0.0290. The zero-order valence-electron chi connectivity index (χ0n) is 21.2. The Hall–Kier alpha value is -3.66. The lowest BCUT2D eigenvalue weighted by atomic mass is 10.1. The van der Waals surface area contributed by atoms with Crippen LogP contribution in [0.2, 0.25) is 0 Å². The molecule has 1 saturated heterocycles. The van der Waals surface area contributed by atoms with Crippen LogP contribution in [-0.4, -0.2) is 63.5 Å². The van der Waals surface area contributed by atoms with Crippen molar-refractivity contribution in [1.29, 1.82) is 0 Å². The summed E-state index contributed by atoms with van der Waals surface area (Å²) < 4.78 is 8.22. The lowest BCUT2D eigenvalue weighted by Gasteiger charge is -2.40. The first-order valence-corrected chi connectivity index (χ1v) is 12.9. The lowest BCUT2D eigenvalue weighted by molar-refractivity contribution is 0.168. The topological polar surface area (TPSA) is 88.4 Å². The molecule has 4 aromatic rings. The molecule has 3 aromatic heterocycles. The molecule has 0 aliphatic carbocycles. The molecule has 9 nitrogen and oxygen atoms in total. The Morgan fingerprint density at radius 1 is 1.25 bits per heavy atom. The maximum absolute atomic E-state index is 13.1. The molecule has 5 rings (SSSR count). The third-order valence-corrected chi connectivity index (χ3v) is 7.85. The lowest BCUT2D eigenvalue weighted by Crippen LogP contribution is -2.57. The van der Waals surface area contributed by atoms with Crippen LogP contribution in [-0.2, 0) is 7.05 Å². The second-order valence-corrected chi connectivity index (χ2v) is 10.3. The van der Waals surface area contributed by atoms with Crippen LogP contribution in [0.3, 0.4) is 0 Å². The number of ether oxygens (including phenoxy) is 1. The van der Waals surface area contributed by atoms with Gasteiger partial charge in [-0.2, -0.15) is 5.10 Å². The van der Waals surface area contributed by atoms with Crippen LogP contribution < -0.4 is 15.0 Å². The van der Waals surface area contributed by atoms with Crippen molar-refractivity contribution < 1.29 is 9.53 Å². The first-order chi connectivity index (χ1) is 17.3. The molecule has 0 radical (unpaired) electrons. The largest absolute Gasteiger partial charge is 0.497 e. The number of aromatic nitrogens is 4. The number of carbonyl (C=O) groups is 1. The maximum Gasteiger partial charge on any atom is 0.318 e. The normalized spacial score (nSPS) is 16.9. The molecule has 0 unspecified atom stereocenters. The van der Waals surface area contributed by atoms with Gasteiger partial charge in [0.15, 0.2) is 0 Å². The first-order valence-electron chi connectivity index (χ1n) is 12.0. The monoisotopic (exact) mass is 505 g/mol. The number of carbonyl (C=O) groups excluding carboxylic acids is 1. The third-order valence-electron chi connectivity index (χ3n) is 6.69. The second-order valence-electron chi connectivity index (χ2n) is 9.26. The minimum atomic E-state index is -0.125. The van der Waals surface area contributed by atoms with Crippen molar-refractivity contribution in [2.75, 3.05) is 31.6 Å². The van der Waals surface area contributed by atoms with E-state index < -0.39 is 0 Å². The predicted octanol–water partition coefficient (Wildman–Crippen LogP) is 4.39. The van der Waals surface area contributed by atoms with Crippen molar-refractivity contribution in [2.24, 2.45) is 7.05 Å². The molecule has 0 spiro atoms. The van der Waals surface area contributed by atoms with Crippen molar-refractivity contribution in [3.63, 3.8) is 0 Å². The van der Waals surface area contributed by atoms with Gasteiger partial charge in [-0.25, -0.2) is 14.8 Å². The average Bonchev–Trinajstić information content (AvgIpc) is 3.45. The summed E-state index contributed by atoms with van der Waals surface area (Å²) in [6.07, 6.45) is 3.67. The number of piperazine rings is 1. The molecule has 10 heteroatoms. The maximum atomic E-state index is 13.1. The van der Waals surface area contributed by atoms with E-state index in [9.17, 15) is 4.79 Å². The molecule has 1 fully saturated rings. The minimum Gasteiger partial charge on any atom is -0.497 e. The van der Waals surface area contributed by atoms with Crippen LogP contribution in [0.25, 0.3) is 20.7 Å². The summed E-state index contributed by atoms with van der Waals surface area (Å²) in [6.45, 7) is 8.11. The fourth-order valence-corrected chi connectivity index (χ4v) is 5.95. The number of urea groups is 1. The van der Waals surface area contributed by atoms with Crippen molar-refractivity contribution >= 4 is 33.4 Å². The van der Waals surface area contributed by atoms with Crippen LogP contribution in [0.15, 0.2) is 42.9 Å². The van der Waals surface area contributed by atoms with Gasteiger partial charge in [0.1, 0.15) is 17.9 Å². The van der Waals surface area contributed by atoms with E-state index in [0.29, 0.717) is 19.6 Å². The number of methoxy groups -OCH3 is 1. The van der Waals surface area contributed by atoms with Gasteiger partial charge in [-0.3, -0.25) is 4.68 Å². The van der Waals surface area contributed by atoms with E-state index in [0.717, 1.165) is 43.5 Å². The SMILES string of the molecule is COc1cccc([C@H](C)NC(=O)N2CCN(c3ncnc4cc(-c5cn(C)nc5C)sc34)C[C@H]2C)c1. The summed E-state index contributed by atoms with van der Waals surface area (Å²) in [7, 11) is 3.58. The van der Waals surface area contributed by atoms with E-state index in [-0.39, 0.29) is 18.1 Å². The highest BCUT2D eigenvalue weighted by atomic mass is 32.1. The molecule has 188 valence electrons. The molecule has 2 amide bonds. The number of rotatable bonds is 5. The zero-order chi connectivity index (χ0) is 25.4. The number of benzene rings is 1. The number of hydrogen-bond donors (Lipinski definition) is 1. The molecule has 1 aliphatic heterocycles. The molecule has 4 heterocycles. The van der Waals surface area contributed by atoms with Gasteiger partial charge in [0, 0.05) is 49.4 Å². The van der Waals surface area contributed by atoms with Gasteiger partial charge in [0.2, 0.25) is 0 Å². The van der Waals surface area contributed by atoms with Gasteiger partial charge in [0.05, 0.1) is 29.1 Å². The Kier molecular flexibility index (Phi) is 6.53. The smallest absolute Gasteiger partial charge is 0.318 e. The highest BCUT2D eigenvalue weighted by molar-refractivity contribution is 7.22. The Bertz CT molecular complexity index is 1400. The summed E-state index contributed by atoms with van der Waals surface area (Å²) in [5, 5.41) is 7.62. The molecule has 36 heavy (non-hydrogen) atoms. The predicted molar refractivity (Wildman–Crippen MR) is 143 cm³/mol. The standard InChI is InChI=1S/C26H31N7O2S/c1-16-13-32(9-10-33(16)26(34)29-17(2)19-7-6-8-20(11-19)35-5)25-24-22(27-15-28-25)12-23(36-24)21-14-31(4)30-18(21)3/h6-8,11-12,14-17H,9-10,13H2,1-5H3,(H,29,34)/t16-,17+/m1/s1. The van der Waals surface area contributed by atoms with E-state index in [1.54, 1.807) is 24.8 Å². The fourth-order valence-electron chi connectivity index (χ4n) is 4.76. The number of anilines is 1. The highest BCUT2D eigenvalue weighted by Crippen LogP contribution is 2.38. The van der Waals surface area contributed by atoms with E-state index in [1.807, 2.05) is 60.9 Å². The van der Waals surface area contributed by atoms with Crippen LogP contribution in [0.1, 0.15) is 31.1 Å². The summed E-state index contributed by atoms with van der Waals surface area (Å²) in [4.78, 5) is 27.6. The molecule has 1 aromatic carbocycles. The number of thiophene rings is 1. The molecule has 0 saturated carbocycles. The van der Waals surface area contributed by atoms with Gasteiger partial charge in [-0.15, -0.1) is 11.3 Å². The van der Waals surface area contributed by atoms with Crippen molar-refractivity contribution in [2.45, 2.75) is 32.9 Å². The van der Waals surface area contributed by atoms with Gasteiger partial charge in [0.25, 0.3) is 0 Å². The molecular weight excluding hydrogens is 474 g/mol. The first kappa shape index (κ1) is 24.1. The summed E-state index contributed by atoms with van der Waals surface area (Å²) in [6, 6.07) is 9.75. The van der Waals surface area contributed by atoms with Gasteiger partial charge in [-0.05, 0) is 44.5 Å². The number of nitrogens with zero attached hydrogens (tertiary/aromatic N) is 6. The van der Waals surface area contributed by atoms with Crippen molar-refractivity contribution in [3.05, 3.63) is 54.1 Å². The summed E-state index contributed by atoms with van der Waals surface area (Å²) >= 11 is 1.69. The van der Waals surface area contributed by atoms with Crippen LogP contribution in [0.4, 0.5) is 10.6 Å². The Balaban J connectivity index is 1.30. The number of fused-ring (bicyclic) bond motifs is 1. The van der Waals surface area contributed by atoms with Gasteiger partial charge in [-0.1, -0.05) is 12.1 Å². The van der Waals surface area contributed by atoms with E-state index in [1.165, 1.54) is 0 Å². The van der Waals surface area contributed by atoms with E-state index in [2.05, 4.69) is 38.3 Å². The second kappa shape index (κ2) is 9.77. The highest BCUT2D eigenvalue weighted by Gasteiger charge is 2.30. The van der Waals surface area contributed by atoms with Crippen LogP contribution in [0, 0.1) is 6.92 Å². The quantitative estimate of drug-likeness (QED) is 0.433. The molecule has 1 aliphatic rings. The van der Waals surface area contributed by atoms with E-state index in [4.69, 9.17) is 4.74 Å². The number of aryl methyl sites for hydroxylation is 2. The summed E-state index contributed by atoms with van der Waals surface area (Å²) in [5.74, 6) is 1.71. The number of nitrogens with one attached hydrogen (secondary N) is 1. The zero-order valence-corrected chi connectivity index (χ0v) is 22.0.